The Balaban J connectivity index is 2.36. The summed E-state index contributed by atoms with van der Waals surface area (Å²) in [5.41, 5.74) is 17.4. The number of hydrogen-bond acceptors (Lipinski definition) is 6. The molecule has 2 rings (SSSR count). The molecule has 0 aliphatic carbocycles. The van der Waals surface area contributed by atoms with E-state index in [-0.39, 0.29) is 28.3 Å². The van der Waals surface area contributed by atoms with Gasteiger partial charge in [0.15, 0.2) is 0 Å². The van der Waals surface area contributed by atoms with Crippen molar-refractivity contribution in [3.8, 4) is 0 Å². The quantitative estimate of drug-likeness (QED) is 0.323. The zero-order valence-electron chi connectivity index (χ0n) is 15.6. The highest BCUT2D eigenvalue weighted by atomic mass is 32.1. The van der Waals surface area contributed by atoms with Gasteiger partial charge in [-0.1, -0.05) is 18.3 Å². The highest BCUT2D eigenvalue weighted by Gasteiger charge is 2.21. The molecule has 8 N–H and O–H groups in total. The highest BCUT2D eigenvalue weighted by molar-refractivity contribution is 7.81. The molecule has 8 nitrogen and oxygen atoms in total. The van der Waals surface area contributed by atoms with E-state index in [9.17, 15) is 14.0 Å². The first-order valence-electron chi connectivity index (χ1n) is 8.51. The maximum atomic E-state index is 14.6. The Kier molecular flexibility index (Phi) is 7.21. The van der Waals surface area contributed by atoms with Gasteiger partial charge in [0.25, 0.3) is 5.91 Å². The average molecular weight is 416 g/mol. The summed E-state index contributed by atoms with van der Waals surface area (Å²) in [4.78, 5) is 27.9. The number of carbonyl (C=O) groups excluding carboxylic acids is 2. The molecule has 0 aliphatic heterocycles. The summed E-state index contributed by atoms with van der Waals surface area (Å²) in [5, 5.41) is 5.53. The van der Waals surface area contributed by atoms with E-state index >= 15 is 0 Å². The Bertz CT molecular complexity index is 961. The Morgan fingerprint density at radius 2 is 1.97 bits per heavy atom. The second kappa shape index (κ2) is 9.60. The summed E-state index contributed by atoms with van der Waals surface area (Å²) in [6.07, 6.45) is 3.18. The van der Waals surface area contributed by atoms with Crippen LogP contribution >= 0.6 is 12.2 Å². The van der Waals surface area contributed by atoms with Crippen LogP contribution in [0, 0.1) is 5.82 Å². The van der Waals surface area contributed by atoms with Gasteiger partial charge in [-0.25, -0.2) is 4.39 Å². The van der Waals surface area contributed by atoms with Crippen LogP contribution in [0.15, 0.2) is 48.3 Å². The van der Waals surface area contributed by atoms with E-state index in [4.69, 9.17) is 29.4 Å². The van der Waals surface area contributed by atoms with Gasteiger partial charge >= 0.3 is 0 Å². The van der Waals surface area contributed by atoms with Gasteiger partial charge in [0, 0.05) is 24.0 Å². The Morgan fingerprint density at radius 1 is 1.24 bits per heavy atom. The maximum absolute atomic E-state index is 14.6. The molecule has 29 heavy (non-hydrogen) atoms. The SMILES string of the molecule is CC(N)=CC(=S)Nc1cc(NC(Cc2ccccn2)C(N)=O)c(F)cc1C(N)=O. The fourth-order valence-electron chi connectivity index (χ4n) is 2.51. The maximum Gasteiger partial charge on any atom is 0.250 e. The van der Waals surface area contributed by atoms with Crippen LogP contribution < -0.4 is 27.8 Å². The average Bonchev–Trinajstić information content (AvgIpc) is 2.63. The van der Waals surface area contributed by atoms with Gasteiger partial charge in [-0.2, -0.15) is 0 Å². The number of halogens is 1. The molecule has 2 amide bonds. The molecule has 1 atom stereocenters. The molecular weight excluding hydrogens is 395 g/mol. The molecule has 152 valence electrons. The number of rotatable bonds is 8. The Labute approximate surface area is 172 Å². The highest BCUT2D eigenvalue weighted by Crippen LogP contribution is 2.26. The number of nitrogens with one attached hydrogen (secondary N) is 2. The number of nitrogens with two attached hydrogens (primary N) is 3. The van der Waals surface area contributed by atoms with Crippen molar-refractivity contribution in [1.82, 2.24) is 4.98 Å². The number of anilines is 2. The van der Waals surface area contributed by atoms with E-state index < -0.39 is 23.7 Å². The number of primary amides is 2. The molecule has 0 radical (unpaired) electrons. The van der Waals surface area contributed by atoms with Gasteiger partial charge in [-0.3, -0.25) is 14.6 Å². The molecule has 0 saturated heterocycles. The van der Waals surface area contributed by atoms with Crippen LogP contribution in [0.1, 0.15) is 23.0 Å². The first-order chi connectivity index (χ1) is 13.7. The minimum Gasteiger partial charge on any atom is -0.402 e. The predicted molar refractivity (Wildman–Crippen MR) is 114 cm³/mol. The van der Waals surface area contributed by atoms with Crippen molar-refractivity contribution in [3.05, 3.63) is 65.4 Å². The van der Waals surface area contributed by atoms with Gasteiger partial charge in [-0.05, 0) is 37.3 Å². The Hall–Kier alpha value is -3.53. The molecule has 1 heterocycles. The molecule has 0 fully saturated rings. The third-order valence-electron chi connectivity index (χ3n) is 3.80. The normalized spacial score (nSPS) is 12.1. The van der Waals surface area contributed by atoms with Gasteiger partial charge in [-0.15, -0.1) is 0 Å². The van der Waals surface area contributed by atoms with E-state index in [2.05, 4.69) is 15.6 Å². The minimum absolute atomic E-state index is 0.0616. The molecule has 0 spiro atoms. The van der Waals surface area contributed by atoms with E-state index in [1.807, 2.05) is 0 Å². The third-order valence-corrected chi connectivity index (χ3v) is 4.02. The zero-order chi connectivity index (χ0) is 21.6. The second-order valence-corrected chi connectivity index (χ2v) is 6.68. The molecule has 1 unspecified atom stereocenters. The molecule has 0 bridgehead atoms. The lowest BCUT2D eigenvalue weighted by Gasteiger charge is -2.19. The van der Waals surface area contributed by atoms with E-state index in [1.165, 1.54) is 12.1 Å². The van der Waals surface area contributed by atoms with Crippen LogP contribution in [-0.2, 0) is 11.2 Å². The topological polar surface area (TPSA) is 149 Å². The van der Waals surface area contributed by atoms with E-state index in [0.29, 0.717) is 11.4 Å². The predicted octanol–water partition coefficient (Wildman–Crippen LogP) is 1.43. The Morgan fingerprint density at radius 3 is 2.52 bits per heavy atom. The van der Waals surface area contributed by atoms with Crippen molar-refractivity contribution in [2.24, 2.45) is 17.2 Å². The first-order valence-corrected chi connectivity index (χ1v) is 8.92. The van der Waals surface area contributed by atoms with E-state index in [1.54, 1.807) is 31.3 Å². The number of amides is 2. The number of thiocarbonyl (C=S) groups is 1. The van der Waals surface area contributed by atoms with E-state index in [0.717, 1.165) is 6.07 Å². The summed E-state index contributed by atoms with van der Waals surface area (Å²) >= 11 is 5.13. The summed E-state index contributed by atoms with van der Waals surface area (Å²) in [6, 6.07) is 6.51. The van der Waals surface area contributed by atoms with Crippen molar-refractivity contribution in [1.29, 1.82) is 0 Å². The number of allylic oxidation sites excluding steroid dienone is 1. The van der Waals surface area contributed by atoms with Crippen molar-refractivity contribution >= 4 is 40.4 Å². The lowest BCUT2D eigenvalue weighted by molar-refractivity contribution is -0.118. The second-order valence-electron chi connectivity index (χ2n) is 6.24. The van der Waals surface area contributed by atoms with Crippen molar-refractivity contribution in [3.63, 3.8) is 0 Å². The van der Waals surface area contributed by atoms with Crippen LogP contribution in [-0.4, -0.2) is 27.8 Å². The molecule has 1 aromatic carbocycles. The third kappa shape index (κ3) is 6.25. The van der Waals surface area contributed by atoms with Crippen LogP contribution in [0.4, 0.5) is 15.8 Å². The number of nitrogens with zero attached hydrogens (tertiary/aromatic N) is 1. The van der Waals surface area contributed by atoms with Crippen molar-refractivity contribution < 1.29 is 14.0 Å². The minimum atomic E-state index is -0.940. The fourth-order valence-corrected chi connectivity index (χ4v) is 2.80. The van der Waals surface area contributed by atoms with Crippen LogP contribution in [0.5, 0.6) is 0 Å². The number of hydrogen-bond donors (Lipinski definition) is 5. The van der Waals surface area contributed by atoms with Crippen LogP contribution in [0.3, 0.4) is 0 Å². The summed E-state index contributed by atoms with van der Waals surface area (Å²) in [6.45, 7) is 1.63. The van der Waals surface area contributed by atoms with Crippen LogP contribution in [0.25, 0.3) is 0 Å². The van der Waals surface area contributed by atoms with Crippen LogP contribution in [0.2, 0.25) is 0 Å². The molecule has 2 aromatic rings. The first kappa shape index (κ1) is 21.8. The number of aromatic nitrogens is 1. The zero-order valence-corrected chi connectivity index (χ0v) is 16.4. The molecule has 0 saturated carbocycles. The van der Waals surface area contributed by atoms with Gasteiger partial charge in [0.1, 0.15) is 16.8 Å². The van der Waals surface area contributed by atoms with Gasteiger partial charge in [0.05, 0.1) is 16.9 Å². The summed E-state index contributed by atoms with van der Waals surface area (Å²) in [7, 11) is 0. The number of carbonyl (C=O) groups is 2. The van der Waals surface area contributed by atoms with Gasteiger partial charge in [0.2, 0.25) is 5.91 Å². The van der Waals surface area contributed by atoms with Gasteiger partial charge < -0.3 is 27.8 Å². The summed E-state index contributed by atoms with van der Waals surface area (Å²) < 4.78 is 14.6. The summed E-state index contributed by atoms with van der Waals surface area (Å²) in [5.74, 6) is -2.33. The van der Waals surface area contributed by atoms with Crippen molar-refractivity contribution in [2.45, 2.75) is 19.4 Å². The lowest BCUT2D eigenvalue weighted by Crippen LogP contribution is -2.37. The number of benzene rings is 1. The number of pyridine rings is 1. The fraction of sp³-hybridized carbons (Fsp3) is 0.158. The standard InChI is InChI=1S/C19H21FN6O2S/c1-10(21)6-17(29)26-14-9-15(13(20)8-12(14)18(22)27)25-16(19(23)28)7-11-4-2-3-5-24-11/h2-6,8-9,16,25H,7,21H2,1H3,(H2,22,27)(H2,23,28)(H,26,29). The largest absolute Gasteiger partial charge is 0.402 e. The monoisotopic (exact) mass is 416 g/mol. The molecule has 0 aliphatic rings. The lowest BCUT2D eigenvalue weighted by atomic mass is 10.1. The smallest absolute Gasteiger partial charge is 0.250 e. The van der Waals surface area contributed by atoms with Crippen molar-refractivity contribution in [2.75, 3.05) is 10.6 Å². The molecular formula is C19H21FN6O2S. The molecule has 10 heteroatoms. The molecule has 1 aromatic heterocycles.